The van der Waals surface area contributed by atoms with Crippen molar-refractivity contribution in [1.29, 1.82) is 0 Å². The van der Waals surface area contributed by atoms with E-state index in [0.717, 1.165) is 32.1 Å². The first-order valence-corrected chi connectivity index (χ1v) is 29.2. The Kier molecular flexibility index (Phi) is 46.4. The van der Waals surface area contributed by atoms with Gasteiger partial charge in [-0.05, 0) is 12.8 Å². The van der Waals surface area contributed by atoms with Crippen molar-refractivity contribution in [3.8, 4) is 0 Å². The molecule has 1 unspecified atom stereocenters. The number of carbonyl (C=O) groups is 2. The lowest BCUT2D eigenvalue weighted by Crippen LogP contribution is -2.37. The van der Waals surface area contributed by atoms with Gasteiger partial charge in [-0.1, -0.05) is 258 Å². The first kappa shape index (κ1) is 63.0. The third-order valence-electron chi connectivity index (χ3n) is 12.6. The van der Waals surface area contributed by atoms with E-state index >= 15 is 0 Å². The fourth-order valence-electron chi connectivity index (χ4n) is 8.31. The van der Waals surface area contributed by atoms with Gasteiger partial charge in [0.1, 0.15) is 19.8 Å². The number of carbonyl (C=O) groups excluding carboxylic acids is 2. The van der Waals surface area contributed by atoms with Crippen molar-refractivity contribution in [2.24, 2.45) is 0 Å². The molecule has 0 heterocycles. The molecule has 64 heavy (non-hydrogen) atoms. The molecule has 0 saturated carbocycles. The maximum atomic E-state index is 12.8. The minimum atomic E-state index is -4.62. The van der Waals surface area contributed by atoms with Crippen LogP contribution in [-0.4, -0.2) is 70.0 Å². The lowest BCUT2D eigenvalue weighted by molar-refractivity contribution is -0.870. The fourth-order valence-corrected chi connectivity index (χ4v) is 9.03. The van der Waals surface area contributed by atoms with Crippen LogP contribution in [0.25, 0.3) is 0 Å². The van der Waals surface area contributed by atoms with Crippen molar-refractivity contribution in [3.63, 3.8) is 0 Å². The second kappa shape index (κ2) is 47.1. The lowest BCUT2D eigenvalue weighted by atomic mass is 10.0. The van der Waals surface area contributed by atoms with E-state index in [9.17, 15) is 19.0 Å². The van der Waals surface area contributed by atoms with E-state index in [4.69, 9.17) is 18.5 Å². The molecule has 0 N–H and O–H groups in total. The molecule has 0 rings (SSSR count). The Morgan fingerprint density at radius 2 is 0.703 bits per heavy atom. The zero-order valence-corrected chi connectivity index (χ0v) is 44.2. The summed E-state index contributed by atoms with van der Waals surface area (Å²) in [5.74, 6) is -0.811. The van der Waals surface area contributed by atoms with Crippen molar-refractivity contribution < 1.29 is 42.1 Å². The van der Waals surface area contributed by atoms with E-state index in [-0.39, 0.29) is 32.0 Å². The monoisotopic (exact) mass is 930 g/mol. The largest absolute Gasteiger partial charge is 0.756 e. The zero-order chi connectivity index (χ0) is 47.1. The average Bonchev–Trinajstić information content (AvgIpc) is 3.25. The molecule has 0 aromatic rings. The number of quaternary nitrogens is 1. The smallest absolute Gasteiger partial charge is 0.306 e. The standard InChI is InChI=1S/C54H108NO8P/c1-6-8-10-12-14-16-18-20-22-24-25-26-27-28-29-31-33-35-37-39-41-43-45-47-54(57)63-52(51-62-64(58,59)61-49-48-55(3,4)5)50-60-53(56)46-44-42-40-38-36-34-32-30-23-21-19-17-15-13-11-9-7-2/h52H,6-51H2,1-5H3/t52-/m1/s1. The molecule has 2 atom stereocenters. The summed E-state index contributed by atoms with van der Waals surface area (Å²) in [7, 11) is 1.19. The molecule has 0 saturated heterocycles. The van der Waals surface area contributed by atoms with E-state index in [1.54, 1.807) is 0 Å². The Balaban J connectivity index is 4.13. The molecular weight excluding hydrogens is 822 g/mol. The number of unbranched alkanes of at least 4 members (excludes halogenated alkanes) is 38. The maximum Gasteiger partial charge on any atom is 0.306 e. The minimum absolute atomic E-state index is 0.0252. The van der Waals surface area contributed by atoms with Crippen LogP contribution in [0.15, 0.2) is 0 Å². The van der Waals surface area contributed by atoms with E-state index < -0.39 is 26.5 Å². The molecule has 0 aromatic heterocycles. The van der Waals surface area contributed by atoms with Crippen molar-refractivity contribution in [2.75, 3.05) is 47.5 Å². The summed E-state index contributed by atoms with van der Waals surface area (Å²) < 4.78 is 34.1. The Bertz CT molecular complexity index is 1050. The van der Waals surface area contributed by atoms with E-state index in [1.807, 2.05) is 21.1 Å². The van der Waals surface area contributed by atoms with Gasteiger partial charge in [0.2, 0.25) is 0 Å². The number of ether oxygens (including phenoxy) is 2. The van der Waals surface area contributed by atoms with Gasteiger partial charge in [0.05, 0.1) is 27.7 Å². The average molecular weight is 930 g/mol. The van der Waals surface area contributed by atoms with Crippen LogP contribution in [0, 0.1) is 0 Å². The van der Waals surface area contributed by atoms with Crippen molar-refractivity contribution in [2.45, 2.75) is 290 Å². The first-order chi connectivity index (χ1) is 31.0. The molecule has 0 radical (unpaired) electrons. The van der Waals surface area contributed by atoms with Gasteiger partial charge in [-0.2, -0.15) is 0 Å². The van der Waals surface area contributed by atoms with Crippen LogP contribution in [0.3, 0.4) is 0 Å². The van der Waals surface area contributed by atoms with Gasteiger partial charge in [-0.3, -0.25) is 14.2 Å². The maximum absolute atomic E-state index is 12.8. The fraction of sp³-hybridized carbons (Fsp3) is 0.963. The Labute approximate surface area is 397 Å². The Hall–Kier alpha value is -0.990. The van der Waals surface area contributed by atoms with Gasteiger partial charge in [0.15, 0.2) is 6.10 Å². The number of likely N-dealkylation sites (N-methyl/N-ethyl adjacent to an activating group) is 1. The summed E-state index contributed by atoms with van der Waals surface area (Å²) in [5, 5.41) is 0. The Morgan fingerprint density at radius 1 is 0.422 bits per heavy atom. The van der Waals surface area contributed by atoms with Crippen molar-refractivity contribution in [1.82, 2.24) is 0 Å². The normalized spacial score (nSPS) is 13.3. The summed E-state index contributed by atoms with van der Waals surface area (Å²) in [6, 6.07) is 0. The van der Waals surface area contributed by atoms with Gasteiger partial charge in [0.25, 0.3) is 7.82 Å². The lowest BCUT2D eigenvalue weighted by Gasteiger charge is -2.28. The molecule has 382 valence electrons. The van der Waals surface area contributed by atoms with Crippen LogP contribution in [-0.2, 0) is 32.7 Å². The van der Waals surface area contributed by atoms with Crippen molar-refractivity contribution in [3.05, 3.63) is 0 Å². The topological polar surface area (TPSA) is 111 Å². The number of hydrogen-bond acceptors (Lipinski definition) is 8. The summed E-state index contributed by atoms with van der Waals surface area (Å²) in [6.45, 7) is 4.30. The van der Waals surface area contributed by atoms with E-state index in [1.165, 1.54) is 218 Å². The second-order valence-electron chi connectivity index (χ2n) is 20.3. The molecule has 0 aliphatic carbocycles. The first-order valence-electron chi connectivity index (χ1n) is 27.7. The van der Waals surface area contributed by atoms with E-state index in [0.29, 0.717) is 17.4 Å². The highest BCUT2D eigenvalue weighted by Crippen LogP contribution is 2.38. The highest BCUT2D eigenvalue weighted by atomic mass is 31.2. The number of nitrogens with zero attached hydrogens (tertiary/aromatic N) is 1. The van der Waals surface area contributed by atoms with Gasteiger partial charge in [-0.15, -0.1) is 0 Å². The van der Waals surface area contributed by atoms with E-state index in [2.05, 4.69) is 13.8 Å². The zero-order valence-electron chi connectivity index (χ0n) is 43.3. The van der Waals surface area contributed by atoms with Crippen LogP contribution in [0.1, 0.15) is 284 Å². The molecule has 9 nitrogen and oxygen atoms in total. The molecule has 0 bridgehead atoms. The predicted octanol–water partition coefficient (Wildman–Crippen LogP) is 16.1. The number of phosphoric ester groups is 1. The molecule has 0 spiro atoms. The highest BCUT2D eigenvalue weighted by molar-refractivity contribution is 7.45. The number of rotatable bonds is 52. The van der Waals surface area contributed by atoms with Crippen LogP contribution < -0.4 is 4.89 Å². The summed E-state index contributed by atoms with van der Waals surface area (Å²) >= 11 is 0. The van der Waals surface area contributed by atoms with Crippen molar-refractivity contribution >= 4 is 19.8 Å². The molecule has 0 aliphatic rings. The highest BCUT2D eigenvalue weighted by Gasteiger charge is 2.22. The number of hydrogen-bond donors (Lipinski definition) is 0. The van der Waals surface area contributed by atoms with Gasteiger partial charge in [0, 0.05) is 12.8 Å². The van der Waals surface area contributed by atoms with Crippen LogP contribution >= 0.6 is 7.82 Å². The van der Waals surface area contributed by atoms with Gasteiger partial charge < -0.3 is 27.9 Å². The Morgan fingerprint density at radius 3 is 1.00 bits per heavy atom. The summed E-state index contributed by atoms with van der Waals surface area (Å²) in [4.78, 5) is 37.8. The van der Waals surface area contributed by atoms with Gasteiger partial charge in [-0.25, -0.2) is 0 Å². The third-order valence-corrected chi connectivity index (χ3v) is 13.6. The quantitative estimate of drug-likeness (QED) is 0.0257. The number of esters is 2. The van der Waals surface area contributed by atoms with Crippen LogP contribution in [0.2, 0.25) is 0 Å². The van der Waals surface area contributed by atoms with Crippen LogP contribution in [0.4, 0.5) is 0 Å². The van der Waals surface area contributed by atoms with Gasteiger partial charge >= 0.3 is 11.9 Å². The molecule has 10 heteroatoms. The third kappa shape index (κ3) is 50.4. The van der Waals surface area contributed by atoms with Crippen LogP contribution in [0.5, 0.6) is 0 Å². The second-order valence-corrected chi connectivity index (χ2v) is 21.7. The molecule has 0 fully saturated rings. The molecular formula is C54H108NO8P. The SMILES string of the molecule is CCCCCCCCCCCCCCCCCCCCCCCCCC(=O)O[C@H](COC(=O)CCCCCCCCCCCCCCCCCCC)COP(=O)([O-])OCC[N+](C)(C)C. The molecule has 0 aliphatic heterocycles. The molecule has 0 aromatic carbocycles. The summed E-state index contributed by atoms with van der Waals surface area (Å²) in [5.41, 5.74) is 0. The minimum Gasteiger partial charge on any atom is -0.756 e. The molecule has 0 amide bonds. The number of phosphoric acid groups is 1. The summed E-state index contributed by atoms with van der Waals surface area (Å²) in [6.07, 6.45) is 51.4. The predicted molar refractivity (Wildman–Crippen MR) is 269 cm³/mol.